The van der Waals surface area contributed by atoms with Gasteiger partial charge in [-0.1, -0.05) is 53.5 Å². The second-order valence-electron chi connectivity index (χ2n) is 6.90. The lowest BCUT2D eigenvalue weighted by Gasteiger charge is -2.12. The maximum atomic E-state index is 12.8. The molecule has 0 unspecified atom stereocenters. The number of benzene rings is 3. The molecule has 4 rings (SSSR count). The maximum Gasteiger partial charge on any atom is 0.231 e. The monoisotopic (exact) mass is 424 g/mol. The Balaban J connectivity index is 1.58. The lowest BCUT2D eigenvalue weighted by Crippen LogP contribution is -1.98. The number of carbonyl (C=O) groups is 1. The van der Waals surface area contributed by atoms with Crippen LogP contribution >= 0.6 is 23.2 Å². The minimum Gasteiger partial charge on any atom is -0.488 e. The zero-order valence-electron chi connectivity index (χ0n) is 16.0. The van der Waals surface area contributed by atoms with Gasteiger partial charge in [0.2, 0.25) is 5.78 Å². The van der Waals surface area contributed by atoms with Crippen molar-refractivity contribution in [2.24, 2.45) is 0 Å². The number of rotatable bonds is 4. The number of aryl methyl sites for hydroxylation is 1. The number of fused-ring (bicyclic) bond motifs is 1. The normalized spacial score (nSPS) is 14.1. The van der Waals surface area contributed by atoms with Crippen molar-refractivity contribution in [3.8, 4) is 11.5 Å². The van der Waals surface area contributed by atoms with E-state index in [0.717, 1.165) is 22.3 Å². The number of ketones is 1. The molecular formula is C24H18Cl2O3. The minimum absolute atomic E-state index is 0.123. The highest BCUT2D eigenvalue weighted by Crippen LogP contribution is 2.39. The van der Waals surface area contributed by atoms with Crippen LogP contribution in [-0.4, -0.2) is 5.78 Å². The molecule has 3 aromatic rings. The van der Waals surface area contributed by atoms with Crippen molar-refractivity contribution in [1.29, 1.82) is 0 Å². The van der Waals surface area contributed by atoms with Crippen molar-refractivity contribution in [1.82, 2.24) is 0 Å². The summed E-state index contributed by atoms with van der Waals surface area (Å²) in [5, 5.41) is 0.988. The van der Waals surface area contributed by atoms with Crippen molar-refractivity contribution >= 4 is 35.1 Å². The molecule has 0 atom stereocenters. The predicted octanol–water partition coefficient (Wildman–Crippen LogP) is 6.81. The van der Waals surface area contributed by atoms with Gasteiger partial charge in [0, 0.05) is 5.56 Å². The van der Waals surface area contributed by atoms with Gasteiger partial charge in [-0.25, -0.2) is 0 Å². The van der Waals surface area contributed by atoms with Crippen LogP contribution in [0.5, 0.6) is 11.5 Å². The van der Waals surface area contributed by atoms with Crippen LogP contribution in [0.15, 0.2) is 60.4 Å². The SMILES string of the molecule is Cc1ccccc1/C=C1\Oc2c(ccc(OCc3ccc(Cl)c(Cl)c3)c2C)C1=O. The molecule has 3 aromatic carbocycles. The Morgan fingerprint density at radius 2 is 1.79 bits per heavy atom. The zero-order chi connectivity index (χ0) is 20.5. The number of hydrogen-bond donors (Lipinski definition) is 0. The number of carbonyl (C=O) groups excluding carboxylic acids is 1. The summed E-state index contributed by atoms with van der Waals surface area (Å²) >= 11 is 12.0. The average molecular weight is 425 g/mol. The van der Waals surface area contributed by atoms with Crippen LogP contribution in [0.2, 0.25) is 10.0 Å². The van der Waals surface area contributed by atoms with Gasteiger partial charge in [-0.15, -0.1) is 0 Å². The fourth-order valence-electron chi connectivity index (χ4n) is 3.20. The molecule has 0 N–H and O–H groups in total. The van der Waals surface area contributed by atoms with Gasteiger partial charge in [-0.05, 0) is 60.9 Å². The summed E-state index contributed by atoms with van der Waals surface area (Å²) in [7, 11) is 0. The summed E-state index contributed by atoms with van der Waals surface area (Å²) in [6.07, 6.45) is 1.79. The van der Waals surface area contributed by atoms with Crippen LogP contribution in [0, 0.1) is 13.8 Å². The Labute approximate surface area is 179 Å². The Morgan fingerprint density at radius 3 is 2.55 bits per heavy atom. The molecule has 0 aliphatic carbocycles. The zero-order valence-corrected chi connectivity index (χ0v) is 17.5. The number of ether oxygens (including phenoxy) is 2. The van der Waals surface area contributed by atoms with Crippen molar-refractivity contribution in [2.45, 2.75) is 20.5 Å². The van der Waals surface area contributed by atoms with E-state index in [0.29, 0.717) is 39.5 Å². The van der Waals surface area contributed by atoms with Gasteiger partial charge in [0.15, 0.2) is 5.76 Å². The quantitative estimate of drug-likeness (QED) is 0.431. The smallest absolute Gasteiger partial charge is 0.231 e. The van der Waals surface area contributed by atoms with Crippen molar-refractivity contribution in [2.75, 3.05) is 0 Å². The third-order valence-corrected chi connectivity index (χ3v) is 5.63. The highest BCUT2D eigenvalue weighted by atomic mass is 35.5. The topological polar surface area (TPSA) is 35.5 Å². The molecule has 0 saturated carbocycles. The molecule has 146 valence electrons. The Morgan fingerprint density at radius 1 is 1.00 bits per heavy atom. The number of hydrogen-bond acceptors (Lipinski definition) is 3. The van der Waals surface area contributed by atoms with Crippen molar-refractivity contribution < 1.29 is 14.3 Å². The van der Waals surface area contributed by atoms with E-state index >= 15 is 0 Å². The maximum absolute atomic E-state index is 12.8. The first-order valence-electron chi connectivity index (χ1n) is 9.14. The molecule has 1 aliphatic heterocycles. The van der Waals surface area contributed by atoms with Crippen LogP contribution in [0.1, 0.15) is 32.6 Å². The molecule has 5 heteroatoms. The van der Waals surface area contributed by atoms with Gasteiger partial charge in [-0.2, -0.15) is 0 Å². The fraction of sp³-hybridized carbons (Fsp3) is 0.125. The largest absolute Gasteiger partial charge is 0.488 e. The first kappa shape index (κ1) is 19.6. The summed E-state index contributed by atoms with van der Waals surface area (Å²) in [5.41, 5.74) is 4.26. The van der Waals surface area contributed by atoms with Crippen LogP contribution in [0.4, 0.5) is 0 Å². The van der Waals surface area contributed by atoms with Crippen LogP contribution in [0.3, 0.4) is 0 Å². The van der Waals surface area contributed by atoms with E-state index in [4.69, 9.17) is 32.7 Å². The number of halogens is 2. The molecule has 0 amide bonds. The Bertz CT molecular complexity index is 1150. The molecule has 0 saturated heterocycles. The predicted molar refractivity (Wildman–Crippen MR) is 116 cm³/mol. The summed E-state index contributed by atoms with van der Waals surface area (Å²) in [6, 6.07) is 16.8. The van der Waals surface area contributed by atoms with Crippen LogP contribution < -0.4 is 9.47 Å². The second-order valence-corrected chi connectivity index (χ2v) is 7.71. The number of allylic oxidation sites excluding steroid dienone is 1. The molecule has 3 nitrogen and oxygen atoms in total. The molecule has 29 heavy (non-hydrogen) atoms. The molecular weight excluding hydrogens is 407 g/mol. The van der Waals surface area contributed by atoms with Gasteiger partial charge in [-0.3, -0.25) is 4.79 Å². The summed E-state index contributed by atoms with van der Waals surface area (Å²) < 4.78 is 11.9. The summed E-state index contributed by atoms with van der Waals surface area (Å²) in [5.74, 6) is 1.39. The van der Waals surface area contributed by atoms with E-state index in [9.17, 15) is 4.79 Å². The standard InChI is InChI=1S/C24H18Cl2O3/c1-14-5-3-4-6-17(14)12-22-23(27)18-8-10-21(15(2)24(18)29-22)28-13-16-7-9-19(25)20(26)11-16/h3-12H,13H2,1-2H3/b22-12-. The van der Waals surface area contributed by atoms with Crippen molar-refractivity contribution in [3.63, 3.8) is 0 Å². The van der Waals surface area contributed by atoms with Gasteiger partial charge in [0.1, 0.15) is 18.1 Å². The van der Waals surface area contributed by atoms with E-state index in [2.05, 4.69) is 0 Å². The lowest BCUT2D eigenvalue weighted by atomic mass is 10.0. The molecule has 0 radical (unpaired) electrons. The van der Waals surface area contributed by atoms with E-state index in [1.807, 2.05) is 44.2 Å². The van der Waals surface area contributed by atoms with Crippen LogP contribution in [-0.2, 0) is 6.61 Å². The third-order valence-electron chi connectivity index (χ3n) is 4.89. The minimum atomic E-state index is -0.123. The van der Waals surface area contributed by atoms with Crippen LogP contribution in [0.25, 0.3) is 6.08 Å². The molecule has 0 bridgehead atoms. The summed E-state index contributed by atoms with van der Waals surface area (Å²) in [6.45, 7) is 4.21. The average Bonchev–Trinajstić information content (AvgIpc) is 3.02. The van der Waals surface area contributed by atoms with Gasteiger partial charge in [0.05, 0.1) is 15.6 Å². The summed E-state index contributed by atoms with van der Waals surface area (Å²) in [4.78, 5) is 12.8. The highest BCUT2D eigenvalue weighted by molar-refractivity contribution is 6.42. The van der Waals surface area contributed by atoms with E-state index in [1.54, 1.807) is 30.3 Å². The molecule has 1 aliphatic rings. The molecule has 0 spiro atoms. The number of Topliss-reactive ketones (excluding diaryl/α,β-unsaturated/α-hetero) is 1. The highest BCUT2D eigenvalue weighted by Gasteiger charge is 2.30. The Hall–Kier alpha value is -2.75. The Kier molecular flexibility index (Phi) is 5.35. The first-order chi connectivity index (χ1) is 13.9. The van der Waals surface area contributed by atoms with E-state index in [1.165, 1.54) is 0 Å². The van der Waals surface area contributed by atoms with E-state index in [-0.39, 0.29) is 5.78 Å². The third kappa shape index (κ3) is 3.89. The fourth-order valence-corrected chi connectivity index (χ4v) is 3.53. The van der Waals surface area contributed by atoms with Gasteiger partial charge >= 0.3 is 0 Å². The lowest BCUT2D eigenvalue weighted by molar-refractivity contribution is 0.101. The van der Waals surface area contributed by atoms with E-state index < -0.39 is 0 Å². The van der Waals surface area contributed by atoms with Gasteiger partial charge in [0.25, 0.3) is 0 Å². The first-order valence-corrected chi connectivity index (χ1v) is 9.90. The van der Waals surface area contributed by atoms with Gasteiger partial charge < -0.3 is 9.47 Å². The second kappa shape index (κ2) is 7.94. The van der Waals surface area contributed by atoms with Crippen molar-refractivity contribution in [3.05, 3.63) is 98.2 Å². The molecule has 0 fully saturated rings. The molecule has 0 aromatic heterocycles. The molecule has 1 heterocycles.